The minimum Gasteiger partial charge on any atom is -0.365 e. The highest BCUT2D eigenvalue weighted by atomic mass is 16.2. The summed E-state index contributed by atoms with van der Waals surface area (Å²) in [7, 11) is 1.84. The van der Waals surface area contributed by atoms with Gasteiger partial charge in [-0.05, 0) is 20.8 Å². The second-order valence-corrected chi connectivity index (χ2v) is 5.75. The lowest BCUT2D eigenvalue weighted by molar-refractivity contribution is -0.117. The minimum absolute atomic E-state index is 0.0418. The molecule has 1 saturated heterocycles. The van der Waals surface area contributed by atoms with Crippen LogP contribution in [0.5, 0.6) is 0 Å². The number of carbonyl (C=O) groups is 1. The van der Waals surface area contributed by atoms with Crippen molar-refractivity contribution in [1.29, 1.82) is 0 Å². The zero-order chi connectivity index (χ0) is 15.9. The molecule has 1 atom stereocenters. The molecule has 3 heterocycles. The average Bonchev–Trinajstić information content (AvgIpc) is 3.01. The molecule has 0 aromatic carbocycles. The Bertz CT molecular complexity index is 723. The smallest absolute Gasteiger partial charge is 0.229 e. The fraction of sp³-hybridized carbons (Fsp3) is 0.467. The molecule has 1 amide bonds. The van der Waals surface area contributed by atoms with Gasteiger partial charge in [0.05, 0.1) is 17.9 Å². The van der Waals surface area contributed by atoms with E-state index in [0.717, 1.165) is 28.6 Å². The first-order chi connectivity index (χ1) is 10.4. The van der Waals surface area contributed by atoms with Crippen molar-refractivity contribution in [2.24, 2.45) is 7.05 Å². The van der Waals surface area contributed by atoms with Crippen LogP contribution in [0, 0.1) is 20.8 Å². The molecular weight excluding hydrogens is 280 g/mol. The summed E-state index contributed by atoms with van der Waals surface area (Å²) in [5, 5.41) is 7.51. The van der Waals surface area contributed by atoms with Crippen LogP contribution >= 0.6 is 0 Å². The summed E-state index contributed by atoms with van der Waals surface area (Å²) in [5.41, 5.74) is 2.82. The maximum absolute atomic E-state index is 12.2. The summed E-state index contributed by atoms with van der Waals surface area (Å²) < 4.78 is 1.70. The van der Waals surface area contributed by atoms with E-state index in [0.29, 0.717) is 13.0 Å². The molecule has 3 rings (SSSR count). The third-order valence-corrected chi connectivity index (χ3v) is 3.97. The Hall–Kier alpha value is -2.44. The molecule has 0 bridgehead atoms. The lowest BCUT2D eigenvalue weighted by Crippen LogP contribution is -2.28. The van der Waals surface area contributed by atoms with Gasteiger partial charge in [0.2, 0.25) is 5.91 Å². The molecule has 0 spiro atoms. The number of anilines is 2. The number of aryl methyl sites for hydroxylation is 3. The lowest BCUT2D eigenvalue weighted by Gasteiger charge is -2.17. The highest BCUT2D eigenvalue weighted by Crippen LogP contribution is 2.24. The molecule has 0 radical (unpaired) electrons. The summed E-state index contributed by atoms with van der Waals surface area (Å²) in [4.78, 5) is 22.8. The molecule has 2 aromatic rings. The summed E-state index contributed by atoms with van der Waals surface area (Å²) in [6.07, 6.45) is 4.02. The molecule has 7 nitrogen and oxygen atoms in total. The monoisotopic (exact) mass is 300 g/mol. The summed E-state index contributed by atoms with van der Waals surface area (Å²) >= 11 is 0. The largest absolute Gasteiger partial charge is 0.365 e. The fourth-order valence-corrected chi connectivity index (χ4v) is 2.70. The SMILES string of the molecule is Cc1nc(C)c(C)c(NC2CC(=O)N(c3cnn(C)c3)C2)n1. The number of nitrogens with zero attached hydrogens (tertiary/aromatic N) is 5. The second kappa shape index (κ2) is 5.40. The zero-order valence-electron chi connectivity index (χ0n) is 13.3. The van der Waals surface area contributed by atoms with E-state index >= 15 is 0 Å². The molecule has 116 valence electrons. The quantitative estimate of drug-likeness (QED) is 0.926. The van der Waals surface area contributed by atoms with Gasteiger partial charge in [0, 0.05) is 37.5 Å². The van der Waals surface area contributed by atoms with Crippen molar-refractivity contribution in [1.82, 2.24) is 19.7 Å². The molecular formula is C15H20N6O. The first-order valence-electron chi connectivity index (χ1n) is 7.31. The summed E-state index contributed by atoms with van der Waals surface area (Å²) in [6, 6.07) is 0.0418. The van der Waals surface area contributed by atoms with E-state index in [4.69, 9.17) is 0 Å². The van der Waals surface area contributed by atoms with Crippen LogP contribution in [0.3, 0.4) is 0 Å². The van der Waals surface area contributed by atoms with E-state index in [1.807, 2.05) is 34.0 Å². The highest BCUT2D eigenvalue weighted by Gasteiger charge is 2.31. The van der Waals surface area contributed by atoms with E-state index in [-0.39, 0.29) is 11.9 Å². The summed E-state index contributed by atoms with van der Waals surface area (Å²) in [5.74, 6) is 1.65. The van der Waals surface area contributed by atoms with Crippen LogP contribution in [-0.4, -0.2) is 38.2 Å². The molecule has 0 aliphatic carbocycles. The number of carbonyl (C=O) groups excluding carboxylic acids is 1. The van der Waals surface area contributed by atoms with Crippen LogP contribution in [0.15, 0.2) is 12.4 Å². The van der Waals surface area contributed by atoms with Gasteiger partial charge in [-0.2, -0.15) is 5.10 Å². The van der Waals surface area contributed by atoms with Crippen LogP contribution in [0.1, 0.15) is 23.5 Å². The van der Waals surface area contributed by atoms with Crippen molar-refractivity contribution in [3.63, 3.8) is 0 Å². The number of hydrogen-bond acceptors (Lipinski definition) is 5. The normalized spacial score (nSPS) is 18.1. The second-order valence-electron chi connectivity index (χ2n) is 5.75. The number of hydrogen-bond donors (Lipinski definition) is 1. The first-order valence-corrected chi connectivity index (χ1v) is 7.31. The van der Waals surface area contributed by atoms with Crippen molar-refractivity contribution in [3.8, 4) is 0 Å². The Balaban J connectivity index is 1.77. The Morgan fingerprint density at radius 2 is 2.05 bits per heavy atom. The summed E-state index contributed by atoms with van der Waals surface area (Å²) in [6.45, 7) is 6.45. The van der Waals surface area contributed by atoms with E-state index in [2.05, 4.69) is 20.4 Å². The van der Waals surface area contributed by atoms with E-state index < -0.39 is 0 Å². The number of nitrogens with one attached hydrogen (secondary N) is 1. The van der Waals surface area contributed by atoms with Crippen molar-refractivity contribution in [2.75, 3.05) is 16.8 Å². The van der Waals surface area contributed by atoms with Crippen LogP contribution in [0.25, 0.3) is 0 Å². The predicted molar refractivity (Wildman–Crippen MR) is 83.8 cm³/mol. The van der Waals surface area contributed by atoms with E-state index in [9.17, 15) is 4.79 Å². The minimum atomic E-state index is 0.0418. The van der Waals surface area contributed by atoms with Gasteiger partial charge < -0.3 is 10.2 Å². The number of rotatable bonds is 3. The Kier molecular flexibility index (Phi) is 3.56. The van der Waals surface area contributed by atoms with Crippen LogP contribution in [0.2, 0.25) is 0 Å². The van der Waals surface area contributed by atoms with Crippen molar-refractivity contribution < 1.29 is 4.79 Å². The third kappa shape index (κ3) is 2.66. The maximum Gasteiger partial charge on any atom is 0.229 e. The average molecular weight is 300 g/mol. The van der Waals surface area contributed by atoms with Crippen molar-refractivity contribution >= 4 is 17.4 Å². The third-order valence-electron chi connectivity index (χ3n) is 3.97. The molecule has 1 aliphatic rings. The molecule has 1 aliphatic heterocycles. The fourth-order valence-electron chi connectivity index (χ4n) is 2.70. The van der Waals surface area contributed by atoms with Gasteiger partial charge in [-0.15, -0.1) is 0 Å². The van der Waals surface area contributed by atoms with Crippen LogP contribution in [0.4, 0.5) is 11.5 Å². The van der Waals surface area contributed by atoms with Crippen molar-refractivity contribution in [3.05, 3.63) is 29.5 Å². The standard InChI is InChI=1S/C15H20N6O/c1-9-10(2)17-11(3)18-15(9)19-12-5-14(22)21(7-12)13-6-16-20(4)8-13/h6,8,12H,5,7H2,1-4H3,(H,17,18,19). The topological polar surface area (TPSA) is 75.9 Å². The van der Waals surface area contributed by atoms with Gasteiger partial charge in [0.25, 0.3) is 0 Å². The van der Waals surface area contributed by atoms with E-state index in [1.165, 1.54) is 0 Å². The molecule has 2 aromatic heterocycles. The Morgan fingerprint density at radius 3 is 2.73 bits per heavy atom. The van der Waals surface area contributed by atoms with Gasteiger partial charge in [-0.3, -0.25) is 9.48 Å². The molecule has 1 unspecified atom stereocenters. The van der Waals surface area contributed by atoms with Gasteiger partial charge >= 0.3 is 0 Å². The number of amides is 1. The number of aromatic nitrogens is 4. The lowest BCUT2D eigenvalue weighted by atomic mass is 10.2. The molecule has 22 heavy (non-hydrogen) atoms. The molecule has 1 N–H and O–H groups in total. The van der Waals surface area contributed by atoms with Gasteiger partial charge in [0.1, 0.15) is 11.6 Å². The van der Waals surface area contributed by atoms with Gasteiger partial charge in [-0.25, -0.2) is 9.97 Å². The molecule has 0 saturated carbocycles. The Morgan fingerprint density at radius 1 is 1.27 bits per heavy atom. The first kappa shape index (κ1) is 14.5. The van der Waals surface area contributed by atoms with Gasteiger partial charge in [-0.1, -0.05) is 0 Å². The van der Waals surface area contributed by atoms with Crippen molar-refractivity contribution in [2.45, 2.75) is 33.2 Å². The molecule has 7 heteroatoms. The van der Waals surface area contributed by atoms with Crippen LogP contribution < -0.4 is 10.2 Å². The van der Waals surface area contributed by atoms with Crippen LogP contribution in [-0.2, 0) is 11.8 Å². The maximum atomic E-state index is 12.2. The zero-order valence-corrected chi connectivity index (χ0v) is 13.3. The predicted octanol–water partition coefficient (Wildman–Crippen LogP) is 1.35. The van der Waals surface area contributed by atoms with Gasteiger partial charge in [0.15, 0.2) is 0 Å². The Labute approximate surface area is 129 Å². The highest BCUT2D eigenvalue weighted by molar-refractivity contribution is 5.96. The van der Waals surface area contributed by atoms with E-state index in [1.54, 1.807) is 15.8 Å². The molecule has 1 fully saturated rings.